The Balaban J connectivity index is 1.88. The highest BCUT2D eigenvalue weighted by Gasteiger charge is 2.42. The predicted octanol–water partition coefficient (Wildman–Crippen LogP) is 0.721. The topological polar surface area (TPSA) is 88.4 Å². The molecule has 1 fully saturated rings. The molecule has 0 saturated carbocycles. The van der Waals surface area contributed by atoms with Gasteiger partial charge in [-0.05, 0) is 18.1 Å². The van der Waals surface area contributed by atoms with Gasteiger partial charge in [0.25, 0.3) is 0 Å². The van der Waals surface area contributed by atoms with E-state index in [4.69, 9.17) is 4.74 Å². The second-order valence-electron chi connectivity index (χ2n) is 6.37. The lowest BCUT2D eigenvalue weighted by Gasteiger charge is -2.29. The van der Waals surface area contributed by atoms with Crippen molar-refractivity contribution in [3.05, 3.63) is 53.9 Å². The average molecular weight is 344 g/mol. The van der Waals surface area contributed by atoms with Gasteiger partial charge in [-0.25, -0.2) is 5.43 Å². The van der Waals surface area contributed by atoms with Crippen LogP contribution in [0.15, 0.2) is 42.6 Å². The molecular weight excluding hydrogens is 320 g/mol. The molecule has 4 atom stereocenters. The Hall–Kier alpha value is -2.22. The smallest absolute Gasteiger partial charge is 0.306 e. The number of hydrogen-bond donors (Lipinski definition) is 3. The SMILES string of the molecule is COC(=O)CC(c1ccnn1C)C1C(O)NNC1Cc1ccccc1. The van der Waals surface area contributed by atoms with Crippen molar-refractivity contribution in [2.24, 2.45) is 13.0 Å². The van der Waals surface area contributed by atoms with Gasteiger partial charge >= 0.3 is 5.97 Å². The highest BCUT2D eigenvalue weighted by Crippen LogP contribution is 2.35. The van der Waals surface area contributed by atoms with Crippen molar-refractivity contribution in [3.63, 3.8) is 0 Å². The van der Waals surface area contributed by atoms with Crippen LogP contribution >= 0.6 is 0 Å². The van der Waals surface area contributed by atoms with E-state index in [1.54, 1.807) is 10.9 Å². The van der Waals surface area contributed by atoms with Crippen LogP contribution in [-0.4, -0.2) is 40.2 Å². The van der Waals surface area contributed by atoms with E-state index in [9.17, 15) is 9.90 Å². The molecule has 2 heterocycles. The van der Waals surface area contributed by atoms with E-state index >= 15 is 0 Å². The minimum atomic E-state index is -0.765. The summed E-state index contributed by atoms with van der Waals surface area (Å²) in [6.45, 7) is 0. The van der Waals surface area contributed by atoms with E-state index < -0.39 is 6.23 Å². The van der Waals surface area contributed by atoms with Crippen LogP contribution in [0.5, 0.6) is 0 Å². The number of benzene rings is 1. The van der Waals surface area contributed by atoms with Gasteiger partial charge in [-0.1, -0.05) is 30.3 Å². The molecule has 1 aliphatic rings. The lowest BCUT2D eigenvalue weighted by Crippen LogP contribution is -2.36. The molecule has 7 heteroatoms. The first-order chi connectivity index (χ1) is 12.1. The number of carbonyl (C=O) groups is 1. The van der Waals surface area contributed by atoms with Crippen LogP contribution in [0.1, 0.15) is 23.6 Å². The lowest BCUT2D eigenvalue weighted by molar-refractivity contribution is -0.141. The van der Waals surface area contributed by atoms with Crippen molar-refractivity contribution in [1.29, 1.82) is 0 Å². The molecule has 0 amide bonds. The molecule has 2 aromatic rings. The Labute approximate surface area is 147 Å². The molecule has 25 heavy (non-hydrogen) atoms. The molecule has 3 rings (SSSR count). The largest absolute Gasteiger partial charge is 0.469 e. The summed E-state index contributed by atoms with van der Waals surface area (Å²) < 4.78 is 6.62. The summed E-state index contributed by atoms with van der Waals surface area (Å²) in [5.74, 6) is -0.718. The molecule has 0 radical (unpaired) electrons. The van der Waals surface area contributed by atoms with Crippen LogP contribution in [0.2, 0.25) is 0 Å². The fourth-order valence-electron chi connectivity index (χ4n) is 3.61. The number of ether oxygens (including phenoxy) is 1. The quantitative estimate of drug-likeness (QED) is 0.669. The zero-order chi connectivity index (χ0) is 17.8. The zero-order valence-electron chi connectivity index (χ0n) is 14.4. The van der Waals surface area contributed by atoms with Crippen LogP contribution in [0.4, 0.5) is 0 Å². The molecule has 0 aliphatic carbocycles. The van der Waals surface area contributed by atoms with Crippen molar-refractivity contribution >= 4 is 5.97 Å². The number of aliphatic hydroxyl groups is 1. The minimum Gasteiger partial charge on any atom is -0.469 e. The third-order valence-corrected chi connectivity index (χ3v) is 4.86. The van der Waals surface area contributed by atoms with E-state index in [1.807, 2.05) is 31.3 Å². The van der Waals surface area contributed by atoms with Gasteiger partial charge in [0.1, 0.15) is 6.23 Å². The second kappa shape index (κ2) is 7.77. The molecule has 1 aromatic heterocycles. The number of aliphatic hydroxyl groups excluding tert-OH is 1. The van der Waals surface area contributed by atoms with E-state index in [0.29, 0.717) is 0 Å². The van der Waals surface area contributed by atoms with Crippen molar-refractivity contribution in [2.75, 3.05) is 7.11 Å². The third-order valence-electron chi connectivity index (χ3n) is 4.86. The van der Waals surface area contributed by atoms with Gasteiger partial charge in [0.2, 0.25) is 0 Å². The van der Waals surface area contributed by atoms with E-state index in [2.05, 4.69) is 28.1 Å². The van der Waals surface area contributed by atoms with E-state index in [1.165, 1.54) is 12.7 Å². The molecule has 4 unspecified atom stereocenters. The van der Waals surface area contributed by atoms with Crippen LogP contribution in [-0.2, 0) is 23.0 Å². The van der Waals surface area contributed by atoms with Gasteiger partial charge in [-0.2, -0.15) is 5.10 Å². The Bertz CT molecular complexity index is 703. The maximum absolute atomic E-state index is 12.0. The molecular formula is C18H24N4O3. The first-order valence-corrected chi connectivity index (χ1v) is 8.38. The summed E-state index contributed by atoms with van der Waals surface area (Å²) in [5, 5.41) is 14.7. The average Bonchev–Trinajstić information content (AvgIpc) is 3.20. The van der Waals surface area contributed by atoms with Crippen LogP contribution in [0, 0.1) is 5.92 Å². The van der Waals surface area contributed by atoms with Gasteiger partial charge in [0.15, 0.2) is 0 Å². The number of nitrogens with zero attached hydrogens (tertiary/aromatic N) is 2. The Morgan fingerprint density at radius 2 is 2.08 bits per heavy atom. The molecule has 134 valence electrons. The number of aryl methyl sites for hydroxylation is 1. The van der Waals surface area contributed by atoms with Crippen LogP contribution in [0.25, 0.3) is 0 Å². The normalized spacial score (nSPS) is 24.2. The number of aromatic nitrogens is 2. The van der Waals surface area contributed by atoms with Gasteiger partial charge in [0, 0.05) is 36.8 Å². The van der Waals surface area contributed by atoms with Gasteiger partial charge in [-0.3, -0.25) is 14.9 Å². The Kier molecular flexibility index (Phi) is 5.47. The second-order valence-corrected chi connectivity index (χ2v) is 6.37. The molecule has 1 aromatic carbocycles. The minimum absolute atomic E-state index is 0.0260. The van der Waals surface area contributed by atoms with E-state index in [-0.39, 0.29) is 30.3 Å². The first-order valence-electron chi connectivity index (χ1n) is 8.38. The van der Waals surface area contributed by atoms with Crippen LogP contribution < -0.4 is 10.9 Å². The molecule has 7 nitrogen and oxygen atoms in total. The van der Waals surface area contributed by atoms with Gasteiger partial charge in [0.05, 0.1) is 13.5 Å². The maximum atomic E-state index is 12.0. The molecule has 0 bridgehead atoms. The number of rotatable bonds is 6. The number of nitrogens with one attached hydrogen (secondary N) is 2. The Morgan fingerprint density at radius 1 is 1.32 bits per heavy atom. The summed E-state index contributed by atoms with van der Waals surface area (Å²) in [5.41, 5.74) is 8.16. The van der Waals surface area contributed by atoms with Crippen LogP contribution in [0.3, 0.4) is 0 Å². The fraction of sp³-hybridized carbons (Fsp3) is 0.444. The first kappa shape index (κ1) is 17.6. The number of carbonyl (C=O) groups excluding carboxylic acids is 1. The lowest BCUT2D eigenvalue weighted by atomic mass is 9.79. The molecule has 1 saturated heterocycles. The number of methoxy groups -OCH3 is 1. The predicted molar refractivity (Wildman–Crippen MR) is 92.3 cm³/mol. The van der Waals surface area contributed by atoms with Crippen molar-refractivity contribution in [2.45, 2.75) is 31.0 Å². The summed E-state index contributed by atoms with van der Waals surface area (Å²) in [6, 6.07) is 11.9. The number of hydrazine groups is 1. The number of hydrogen-bond acceptors (Lipinski definition) is 6. The third kappa shape index (κ3) is 3.89. The maximum Gasteiger partial charge on any atom is 0.306 e. The van der Waals surface area contributed by atoms with Gasteiger partial charge in [-0.15, -0.1) is 0 Å². The molecule has 1 aliphatic heterocycles. The fourth-order valence-corrected chi connectivity index (χ4v) is 3.61. The molecule has 0 spiro atoms. The summed E-state index contributed by atoms with van der Waals surface area (Å²) in [4.78, 5) is 12.0. The van der Waals surface area contributed by atoms with E-state index in [0.717, 1.165) is 12.1 Å². The van der Waals surface area contributed by atoms with Crippen molar-refractivity contribution < 1.29 is 14.6 Å². The summed E-state index contributed by atoms with van der Waals surface area (Å²) in [6.07, 6.45) is 1.86. The molecule has 3 N–H and O–H groups in total. The standard InChI is InChI=1S/C18H24N4O3/c1-22-15(8-9-19-22)13(11-16(23)25-2)17-14(20-21-18(17)24)10-12-6-4-3-5-7-12/h3-9,13-14,17-18,20-21,24H,10-11H2,1-2H3. The summed E-state index contributed by atoms with van der Waals surface area (Å²) in [7, 11) is 3.22. The van der Waals surface area contributed by atoms with Crippen molar-refractivity contribution in [1.82, 2.24) is 20.6 Å². The summed E-state index contributed by atoms with van der Waals surface area (Å²) >= 11 is 0. The zero-order valence-corrected chi connectivity index (χ0v) is 14.4. The number of esters is 1. The highest BCUT2D eigenvalue weighted by atomic mass is 16.5. The highest BCUT2D eigenvalue weighted by molar-refractivity contribution is 5.70. The Morgan fingerprint density at radius 3 is 2.72 bits per heavy atom. The monoisotopic (exact) mass is 344 g/mol. The van der Waals surface area contributed by atoms with Crippen molar-refractivity contribution in [3.8, 4) is 0 Å². The van der Waals surface area contributed by atoms with Gasteiger partial charge < -0.3 is 9.84 Å².